The number of carbonyl (C=O) groups is 2. The normalized spacial score (nSPS) is 15.0. The minimum atomic E-state index is -0.627. The van der Waals surface area contributed by atoms with E-state index in [2.05, 4.69) is 21.2 Å². The van der Waals surface area contributed by atoms with Gasteiger partial charge in [-0.05, 0) is 56.3 Å². The van der Waals surface area contributed by atoms with Gasteiger partial charge in [0.2, 0.25) is 0 Å². The Morgan fingerprint density at radius 1 is 1.12 bits per heavy atom. The molecule has 1 unspecified atom stereocenters. The molecule has 6 nitrogen and oxygen atoms in total. The van der Waals surface area contributed by atoms with Gasteiger partial charge in [-0.15, -0.1) is 0 Å². The molecule has 0 spiro atoms. The molecule has 2 amide bonds. The highest BCUT2D eigenvalue weighted by Crippen LogP contribution is 2.36. The fourth-order valence-electron chi connectivity index (χ4n) is 3.44. The first kappa shape index (κ1) is 21.9. The number of fused-ring (bicyclic) bond motifs is 1. The molecule has 0 aromatic heterocycles. The summed E-state index contributed by atoms with van der Waals surface area (Å²) in [6.07, 6.45) is -0.627. The van der Waals surface area contributed by atoms with Gasteiger partial charge in [-0.2, -0.15) is 0 Å². The van der Waals surface area contributed by atoms with Crippen LogP contribution in [0, 0.1) is 6.92 Å². The molecule has 32 heavy (non-hydrogen) atoms. The van der Waals surface area contributed by atoms with Crippen molar-refractivity contribution in [3.05, 3.63) is 82.3 Å². The van der Waals surface area contributed by atoms with E-state index in [-0.39, 0.29) is 11.8 Å². The van der Waals surface area contributed by atoms with E-state index in [1.54, 1.807) is 48.2 Å². The third-order valence-corrected chi connectivity index (χ3v) is 5.61. The van der Waals surface area contributed by atoms with E-state index in [0.717, 1.165) is 15.8 Å². The summed E-state index contributed by atoms with van der Waals surface area (Å²) in [7, 11) is 0. The first-order valence-corrected chi connectivity index (χ1v) is 11.1. The second-order valence-corrected chi connectivity index (χ2v) is 8.47. The first-order valence-electron chi connectivity index (χ1n) is 10.3. The Balaban J connectivity index is 1.47. The Bertz CT molecular complexity index is 1150. The Morgan fingerprint density at radius 3 is 2.66 bits per heavy atom. The number of rotatable bonds is 6. The molecule has 0 radical (unpaired) electrons. The summed E-state index contributed by atoms with van der Waals surface area (Å²) in [5.74, 6) is 0.945. The molecule has 7 heteroatoms. The molecule has 0 aliphatic carbocycles. The van der Waals surface area contributed by atoms with Crippen LogP contribution < -0.4 is 19.7 Å². The Morgan fingerprint density at radius 2 is 1.91 bits per heavy atom. The van der Waals surface area contributed by atoms with Crippen LogP contribution in [0.5, 0.6) is 11.5 Å². The molecule has 0 fully saturated rings. The third kappa shape index (κ3) is 4.94. The summed E-state index contributed by atoms with van der Waals surface area (Å²) in [6.45, 7) is 4.47. The Labute approximate surface area is 195 Å². The molecule has 3 aromatic carbocycles. The topological polar surface area (TPSA) is 67.9 Å². The van der Waals surface area contributed by atoms with Crippen LogP contribution in [-0.4, -0.2) is 31.1 Å². The fraction of sp³-hybridized carbons (Fsp3) is 0.200. The summed E-state index contributed by atoms with van der Waals surface area (Å²) >= 11 is 3.37. The van der Waals surface area contributed by atoms with Crippen molar-refractivity contribution in [3.63, 3.8) is 0 Å². The molecule has 3 aromatic rings. The minimum absolute atomic E-state index is 0.129. The van der Waals surface area contributed by atoms with Gasteiger partial charge in [-0.3, -0.25) is 9.59 Å². The van der Waals surface area contributed by atoms with Crippen molar-refractivity contribution >= 4 is 39.1 Å². The van der Waals surface area contributed by atoms with Crippen molar-refractivity contribution in [2.45, 2.75) is 20.0 Å². The van der Waals surface area contributed by atoms with Gasteiger partial charge in [0.25, 0.3) is 11.8 Å². The van der Waals surface area contributed by atoms with Gasteiger partial charge in [0.15, 0.2) is 6.10 Å². The van der Waals surface area contributed by atoms with Crippen molar-refractivity contribution in [1.29, 1.82) is 0 Å². The van der Waals surface area contributed by atoms with Crippen LogP contribution in [0.3, 0.4) is 0 Å². The molecular weight excluding hydrogens is 472 g/mol. The number of anilines is 2. The summed E-state index contributed by atoms with van der Waals surface area (Å²) in [4.78, 5) is 26.9. The van der Waals surface area contributed by atoms with E-state index in [9.17, 15) is 9.59 Å². The van der Waals surface area contributed by atoms with Gasteiger partial charge >= 0.3 is 0 Å². The lowest BCUT2D eigenvalue weighted by atomic mass is 10.1. The second kappa shape index (κ2) is 9.44. The highest BCUT2D eigenvalue weighted by Gasteiger charge is 2.31. The quantitative estimate of drug-likeness (QED) is 0.511. The number of carbonyl (C=O) groups excluding carboxylic acids is 2. The summed E-state index contributed by atoms with van der Waals surface area (Å²) < 4.78 is 12.4. The van der Waals surface area contributed by atoms with E-state index in [4.69, 9.17) is 9.47 Å². The SMILES string of the molecule is Cc1ccc(OCCN2C(=O)C(C)Oc3cc(NC(=O)c4cccc(Br)c4)ccc32)cc1. The van der Waals surface area contributed by atoms with Crippen LogP contribution in [-0.2, 0) is 4.79 Å². The number of hydrogen-bond acceptors (Lipinski definition) is 4. The molecule has 164 valence electrons. The van der Waals surface area contributed by atoms with Gasteiger partial charge < -0.3 is 19.7 Å². The summed E-state index contributed by atoms with van der Waals surface area (Å²) in [5.41, 5.74) is 2.94. The fourth-order valence-corrected chi connectivity index (χ4v) is 3.84. The van der Waals surface area contributed by atoms with Gasteiger partial charge in [-0.25, -0.2) is 0 Å². The van der Waals surface area contributed by atoms with E-state index in [1.165, 1.54) is 0 Å². The number of halogens is 1. The maximum absolute atomic E-state index is 12.7. The van der Waals surface area contributed by atoms with Gasteiger partial charge in [-0.1, -0.05) is 39.7 Å². The number of benzene rings is 3. The van der Waals surface area contributed by atoms with Gasteiger partial charge in [0.1, 0.15) is 18.1 Å². The van der Waals surface area contributed by atoms with Gasteiger partial charge in [0.05, 0.1) is 12.2 Å². The van der Waals surface area contributed by atoms with E-state index >= 15 is 0 Å². The molecule has 0 saturated heterocycles. The smallest absolute Gasteiger partial charge is 0.267 e. The molecular formula is C25H23BrN2O4. The number of amides is 2. The van der Waals surface area contributed by atoms with E-state index in [1.807, 2.05) is 37.3 Å². The number of nitrogens with one attached hydrogen (secondary N) is 1. The van der Waals surface area contributed by atoms with Crippen LogP contribution in [0.15, 0.2) is 71.2 Å². The van der Waals surface area contributed by atoms with Crippen LogP contribution in [0.2, 0.25) is 0 Å². The van der Waals surface area contributed by atoms with Crippen molar-refractivity contribution in [2.24, 2.45) is 0 Å². The first-order chi connectivity index (χ1) is 15.4. The number of aryl methyl sites for hydroxylation is 1. The third-order valence-electron chi connectivity index (χ3n) is 5.12. The van der Waals surface area contributed by atoms with E-state index in [0.29, 0.717) is 35.8 Å². The Hall–Kier alpha value is -3.32. The minimum Gasteiger partial charge on any atom is -0.492 e. The highest BCUT2D eigenvalue weighted by molar-refractivity contribution is 9.10. The predicted molar refractivity (Wildman–Crippen MR) is 128 cm³/mol. The summed E-state index contributed by atoms with van der Waals surface area (Å²) in [5, 5.41) is 2.88. The highest BCUT2D eigenvalue weighted by atomic mass is 79.9. The largest absolute Gasteiger partial charge is 0.492 e. The molecule has 1 aliphatic heterocycles. The number of hydrogen-bond donors (Lipinski definition) is 1. The van der Waals surface area contributed by atoms with Crippen LogP contribution in [0.25, 0.3) is 0 Å². The van der Waals surface area contributed by atoms with Crippen molar-refractivity contribution in [3.8, 4) is 11.5 Å². The van der Waals surface area contributed by atoms with E-state index < -0.39 is 6.10 Å². The summed E-state index contributed by atoms with van der Waals surface area (Å²) in [6, 6.07) is 20.2. The maximum Gasteiger partial charge on any atom is 0.267 e. The lowest BCUT2D eigenvalue weighted by Crippen LogP contribution is -2.46. The van der Waals surface area contributed by atoms with Crippen molar-refractivity contribution < 1.29 is 19.1 Å². The molecule has 1 N–H and O–H groups in total. The van der Waals surface area contributed by atoms with Crippen LogP contribution in [0.4, 0.5) is 11.4 Å². The zero-order valence-electron chi connectivity index (χ0n) is 17.8. The molecule has 0 saturated carbocycles. The molecule has 1 aliphatic rings. The molecule has 1 heterocycles. The average Bonchev–Trinajstić information content (AvgIpc) is 2.77. The molecule has 1 atom stereocenters. The lowest BCUT2D eigenvalue weighted by molar-refractivity contribution is -0.125. The van der Waals surface area contributed by atoms with Crippen molar-refractivity contribution in [2.75, 3.05) is 23.4 Å². The van der Waals surface area contributed by atoms with Crippen LogP contribution in [0.1, 0.15) is 22.8 Å². The molecule has 0 bridgehead atoms. The van der Waals surface area contributed by atoms with Crippen molar-refractivity contribution in [1.82, 2.24) is 0 Å². The predicted octanol–water partition coefficient (Wildman–Crippen LogP) is 5.20. The zero-order valence-corrected chi connectivity index (χ0v) is 19.4. The average molecular weight is 495 g/mol. The van der Waals surface area contributed by atoms with Crippen LogP contribution >= 0.6 is 15.9 Å². The molecule has 4 rings (SSSR count). The standard InChI is InChI=1S/C25H23BrN2O4/c1-16-6-9-21(10-7-16)31-13-12-28-22-11-8-20(15-23(22)32-17(2)25(28)30)27-24(29)18-4-3-5-19(26)14-18/h3-11,14-15,17H,12-13H2,1-2H3,(H,27,29). The maximum atomic E-state index is 12.7. The number of nitrogens with zero attached hydrogens (tertiary/aromatic N) is 1. The monoisotopic (exact) mass is 494 g/mol. The lowest BCUT2D eigenvalue weighted by Gasteiger charge is -2.33. The van der Waals surface area contributed by atoms with Gasteiger partial charge in [0, 0.05) is 21.8 Å². The zero-order chi connectivity index (χ0) is 22.7. The number of ether oxygens (including phenoxy) is 2. The Kier molecular flexibility index (Phi) is 6.46. The second-order valence-electron chi connectivity index (χ2n) is 7.56.